The first-order valence-electron chi connectivity index (χ1n) is 7.49. The molecular formula is C16H16ClN4O3S+. The summed E-state index contributed by atoms with van der Waals surface area (Å²) in [5.74, 6) is -0.217. The zero-order valence-corrected chi connectivity index (χ0v) is 14.7. The van der Waals surface area contributed by atoms with Gasteiger partial charge >= 0.3 is 0 Å². The minimum Gasteiger partial charge on any atom is -0.366 e. The number of allylic oxidation sites excluding steroid dienone is 3. The Kier molecular flexibility index (Phi) is 4.94. The molecule has 0 aliphatic carbocycles. The molecule has 1 fully saturated rings. The van der Waals surface area contributed by atoms with Gasteiger partial charge in [0.2, 0.25) is 11.8 Å². The molecule has 3 rings (SSSR count). The van der Waals surface area contributed by atoms with E-state index in [0.717, 1.165) is 0 Å². The van der Waals surface area contributed by atoms with Crippen molar-refractivity contribution in [2.45, 2.75) is 18.0 Å². The van der Waals surface area contributed by atoms with E-state index >= 15 is 0 Å². The quantitative estimate of drug-likeness (QED) is 0.421. The van der Waals surface area contributed by atoms with E-state index in [0.29, 0.717) is 23.4 Å². The fraction of sp³-hybridized carbons (Fsp3) is 0.250. The standard InChI is InChI=1S/C16H15ClN4O3S/c17-13(22)12-10(8-25-16-11(18)15(24)21(12)16)2-1-5-20-6-3-9(4-7-20)14(19)23/h1-4,6-7,11,16H,5,8,18H2,(H-,19,23)/p+1/b2-1+/t11-,16-/m1/s1. The third kappa shape index (κ3) is 3.33. The molecule has 0 saturated carbocycles. The molecule has 2 aliphatic heterocycles. The number of nitrogens with two attached hydrogens (primary N) is 2. The molecule has 0 unspecified atom stereocenters. The summed E-state index contributed by atoms with van der Waals surface area (Å²) in [5.41, 5.74) is 12.3. The summed E-state index contributed by atoms with van der Waals surface area (Å²) in [5, 5.41) is -0.887. The lowest BCUT2D eigenvalue weighted by Gasteiger charge is -2.48. The van der Waals surface area contributed by atoms with E-state index in [1.165, 1.54) is 16.7 Å². The monoisotopic (exact) mass is 379 g/mol. The number of halogens is 1. The van der Waals surface area contributed by atoms with E-state index < -0.39 is 17.2 Å². The first-order chi connectivity index (χ1) is 11.9. The Labute approximate surface area is 153 Å². The molecule has 0 spiro atoms. The Hall–Kier alpha value is -2.16. The Morgan fingerprint density at radius 3 is 2.68 bits per heavy atom. The number of hydrogen-bond donors (Lipinski definition) is 2. The van der Waals surface area contributed by atoms with E-state index in [4.69, 9.17) is 23.1 Å². The van der Waals surface area contributed by atoms with Gasteiger partial charge in [-0.2, -0.15) is 0 Å². The van der Waals surface area contributed by atoms with Gasteiger partial charge in [-0.25, -0.2) is 4.57 Å². The summed E-state index contributed by atoms with van der Waals surface area (Å²) in [6, 6.07) is 2.68. The fourth-order valence-corrected chi connectivity index (χ4v) is 4.19. The van der Waals surface area contributed by atoms with Gasteiger partial charge in [0, 0.05) is 17.9 Å². The Balaban J connectivity index is 1.76. The van der Waals surface area contributed by atoms with Crippen LogP contribution in [0.25, 0.3) is 0 Å². The lowest BCUT2D eigenvalue weighted by atomic mass is 10.0. The molecule has 7 nitrogen and oxygen atoms in total. The Morgan fingerprint density at radius 2 is 2.08 bits per heavy atom. The number of rotatable bonds is 5. The van der Waals surface area contributed by atoms with Gasteiger partial charge < -0.3 is 11.5 Å². The van der Waals surface area contributed by atoms with Crippen molar-refractivity contribution >= 4 is 40.4 Å². The SMILES string of the molecule is NC(=O)c1cc[n+](C/C=C/C2=C(C(=O)Cl)N3C(=O)[C@@H](N)[C@H]3SC2)cc1. The molecule has 2 aliphatic rings. The van der Waals surface area contributed by atoms with Crippen LogP contribution >= 0.6 is 23.4 Å². The average molecular weight is 380 g/mol. The van der Waals surface area contributed by atoms with Crippen LogP contribution in [0.4, 0.5) is 0 Å². The van der Waals surface area contributed by atoms with Crippen LogP contribution in [0, 0.1) is 0 Å². The maximum Gasteiger partial charge on any atom is 0.269 e. The number of primary amides is 1. The maximum atomic E-state index is 11.9. The van der Waals surface area contributed by atoms with Crippen molar-refractivity contribution in [2.24, 2.45) is 11.5 Å². The zero-order chi connectivity index (χ0) is 18.1. The van der Waals surface area contributed by atoms with Crippen molar-refractivity contribution in [1.29, 1.82) is 0 Å². The molecule has 1 aromatic rings. The highest BCUT2D eigenvalue weighted by molar-refractivity contribution is 8.00. The fourth-order valence-electron chi connectivity index (χ4n) is 2.71. The zero-order valence-electron chi connectivity index (χ0n) is 13.1. The minimum absolute atomic E-state index is 0.211. The van der Waals surface area contributed by atoms with Crippen molar-refractivity contribution in [1.82, 2.24) is 4.90 Å². The minimum atomic E-state index is -0.663. The largest absolute Gasteiger partial charge is 0.366 e. The van der Waals surface area contributed by atoms with E-state index in [2.05, 4.69) is 0 Å². The first kappa shape index (κ1) is 17.7. The number of carbonyl (C=O) groups is 3. The van der Waals surface area contributed by atoms with Crippen LogP contribution < -0.4 is 16.0 Å². The van der Waals surface area contributed by atoms with Crippen LogP contribution in [-0.2, 0) is 16.1 Å². The second-order valence-electron chi connectivity index (χ2n) is 5.63. The van der Waals surface area contributed by atoms with Crippen LogP contribution in [0.5, 0.6) is 0 Å². The molecule has 0 bridgehead atoms. The highest BCUT2D eigenvalue weighted by atomic mass is 35.5. The molecule has 130 valence electrons. The number of nitrogens with zero attached hydrogens (tertiary/aromatic N) is 2. The van der Waals surface area contributed by atoms with Crippen molar-refractivity contribution in [2.75, 3.05) is 5.75 Å². The van der Waals surface area contributed by atoms with Crippen molar-refractivity contribution in [3.63, 3.8) is 0 Å². The summed E-state index contributed by atoms with van der Waals surface area (Å²) in [4.78, 5) is 36.1. The Morgan fingerprint density at radius 1 is 1.40 bits per heavy atom. The molecule has 0 aromatic carbocycles. The molecule has 0 radical (unpaired) electrons. The number of hydrogen-bond acceptors (Lipinski definition) is 5. The molecule has 2 atom stereocenters. The molecule has 25 heavy (non-hydrogen) atoms. The summed E-state index contributed by atoms with van der Waals surface area (Å²) in [7, 11) is 0. The van der Waals surface area contributed by atoms with Gasteiger partial charge in [-0.3, -0.25) is 19.3 Å². The number of fused-ring (bicyclic) bond motifs is 1. The predicted molar refractivity (Wildman–Crippen MR) is 93.2 cm³/mol. The van der Waals surface area contributed by atoms with Crippen molar-refractivity contribution in [3.8, 4) is 0 Å². The summed E-state index contributed by atoms with van der Waals surface area (Å²) >= 11 is 7.19. The highest BCUT2D eigenvalue weighted by Crippen LogP contribution is 2.40. The van der Waals surface area contributed by atoms with Crippen LogP contribution in [0.1, 0.15) is 10.4 Å². The van der Waals surface area contributed by atoms with Gasteiger partial charge in [0.1, 0.15) is 17.1 Å². The predicted octanol–water partition coefficient (Wildman–Crippen LogP) is -0.109. The Bertz CT molecular complexity index is 806. The van der Waals surface area contributed by atoms with Crippen LogP contribution in [0.3, 0.4) is 0 Å². The average Bonchev–Trinajstić information content (AvgIpc) is 2.60. The van der Waals surface area contributed by atoms with E-state index in [9.17, 15) is 14.4 Å². The second-order valence-corrected chi connectivity index (χ2v) is 7.08. The number of carbonyl (C=O) groups excluding carboxylic acids is 3. The number of β-lactam (4-membered cyclic amide) rings is 1. The maximum absolute atomic E-state index is 11.9. The van der Waals surface area contributed by atoms with Gasteiger partial charge in [0.05, 0.1) is 5.56 Å². The summed E-state index contributed by atoms with van der Waals surface area (Å²) in [6.45, 7) is 0.522. The first-order valence-corrected chi connectivity index (χ1v) is 8.91. The van der Waals surface area contributed by atoms with E-state index in [1.807, 2.05) is 10.6 Å². The van der Waals surface area contributed by atoms with E-state index in [1.54, 1.807) is 30.6 Å². The molecular weight excluding hydrogens is 364 g/mol. The van der Waals surface area contributed by atoms with Gasteiger partial charge in [0.15, 0.2) is 18.9 Å². The van der Waals surface area contributed by atoms with Gasteiger partial charge in [-0.05, 0) is 23.3 Å². The third-order valence-corrected chi connectivity index (χ3v) is 5.54. The van der Waals surface area contributed by atoms with Gasteiger partial charge in [0.25, 0.3) is 5.24 Å². The molecule has 3 heterocycles. The van der Waals surface area contributed by atoms with Gasteiger partial charge in [-0.1, -0.05) is 6.08 Å². The molecule has 1 aromatic heterocycles. The third-order valence-electron chi connectivity index (χ3n) is 4.04. The summed E-state index contributed by atoms with van der Waals surface area (Å²) in [6.07, 6.45) is 7.10. The number of thioether (sulfide) groups is 1. The normalized spacial score (nSPS) is 22.8. The number of pyridine rings is 1. The lowest BCUT2D eigenvalue weighted by molar-refractivity contribution is -0.687. The van der Waals surface area contributed by atoms with Crippen LogP contribution in [-0.4, -0.2) is 39.1 Å². The molecule has 9 heteroatoms. The molecule has 2 amide bonds. The second kappa shape index (κ2) is 6.99. The number of amides is 2. The lowest BCUT2D eigenvalue weighted by Crippen LogP contribution is -2.68. The van der Waals surface area contributed by atoms with Crippen molar-refractivity contribution in [3.05, 3.63) is 53.5 Å². The number of aromatic nitrogens is 1. The van der Waals surface area contributed by atoms with Crippen molar-refractivity contribution < 1.29 is 19.0 Å². The van der Waals surface area contributed by atoms with Crippen LogP contribution in [0.15, 0.2) is 47.9 Å². The van der Waals surface area contributed by atoms with E-state index in [-0.39, 0.29) is 17.0 Å². The molecule has 4 N–H and O–H groups in total. The van der Waals surface area contributed by atoms with Gasteiger partial charge in [-0.15, -0.1) is 11.8 Å². The summed E-state index contributed by atoms with van der Waals surface area (Å²) < 4.78 is 1.84. The van der Waals surface area contributed by atoms with Crippen LogP contribution in [0.2, 0.25) is 0 Å². The smallest absolute Gasteiger partial charge is 0.269 e. The molecule has 1 saturated heterocycles. The topological polar surface area (TPSA) is 110 Å². The highest BCUT2D eigenvalue weighted by Gasteiger charge is 2.51.